The molecule has 0 saturated carbocycles. The van der Waals surface area contributed by atoms with Crippen molar-refractivity contribution < 1.29 is 14.3 Å². The van der Waals surface area contributed by atoms with E-state index in [-0.39, 0.29) is 11.6 Å². The third-order valence-corrected chi connectivity index (χ3v) is 4.91. The van der Waals surface area contributed by atoms with Crippen LogP contribution in [0.5, 0.6) is 5.75 Å². The van der Waals surface area contributed by atoms with Crippen LogP contribution in [0, 0.1) is 0 Å². The summed E-state index contributed by atoms with van der Waals surface area (Å²) in [6.07, 6.45) is 0.979. The van der Waals surface area contributed by atoms with E-state index in [0.717, 1.165) is 29.2 Å². The lowest BCUT2D eigenvalue weighted by Crippen LogP contribution is -2.47. The van der Waals surface area contributed by atoms with Crippen LogP contribution in [-0.4, -0.2) is 43.9 Å². The van der Waals surface area contributed by atoms with E-state index in [2.05, 4.69) is 10.6 Å². The lowest BCUT2D eigenvalue weighted by molar-refractivity contribution is 0.0157. The minimum atomic E-state index is -0.206. The molecule has 1 unspecified atom stereocenters. The zero-order valence-electron chi connectivity index (χ0n) is 12.5. The standard InChI is InChI=1S/C15H22N2O3S/c1-19-13-5-3-12(4-6-13)9-16-14(18)17-10-15(20-2)7-8-21-11-15/h3-6H,7-11H2,1-2H3,(H2,16,17,18). The quantitative estimate of drug-likeness (QED) is 0.844. The van der Waals surface area contributed by atoms with Gasteiger partial charge in [-0.3, -0.25) is 0 Å². The molecule has 0 aliphatic carbocycles. The normalized spacial score (nSPS) is 21.0. The highest BCUT2D eigenvalue weighted by molar-refractivity contribution is 7.99. The fourth-order valence-electron chi connectivity index (χ4n) is 2.19. The second-order valence-corrected chi connectivity index (χ2v) is 6.18. The Morgan fingerprint density at radius 2 is 2.05 bits per heavy atom. The van der Waals surface area contributed by atoms with Crippen molar-refractivity contribution in [3.8, 4) is 5.75 Å². The summed E-state index contributed by atoms with van der Waals surface area (Å²) >= 11 is 1.86. The Kier molecular flexibility index (Phi) is 5.76. The second kappa shape index (κ2) is 7.56. The number of carbonyl (C=O) groups excluding carboxylic acids is 1. The summed E-state index contributed by atoms with van der Waals surface area (Å²) in [6, 6.07) is 7.46. The molecule has 116 valence electrons. The summed E-state index contributed by atoms with van der Waals surface area (Å²) in [7, 11) is 3.34. The molecule has 0 spiro atoms. The number of ether oxygens (including phenoxy) is 2. The van der Waals surface area contributed by atoms with Crippen molar-refractivity contribution in [2.45, 2.75) is 18.6 Å². The van der Waals surface area contributed by atoms with Gasteiger partial charge >= 0.3 is 6.03 Å². The Balaban J connectivity index is 1.74. The van der Waals surface area contributed by atoms with Crippen molar-refractivity contribution >= 4 is 17.8 Å². The zero-order chi connectivity index (χ0) is 15.1. The third-order valence-electron chi connectivity index (χ3n) is 3.68. The Morgan fingerprint density at radius 1 is 1.29 bits per heavy atom. The van der Waals surface area contributed by atoms with Gasteiger partial charge in [0, 0.05) is 26.0 Å². The summed E-state index contributed by atoms with van der Waals surface area (Å²) in [4.78, 5) is 11.8. The van der Waals surface area contributed by atoms with Gasteiger partial charge in [-0.15, -0.1) is 0 Å². The molecule has 1 fully saturated rings. The van der Waals surface area contributed by atoms with Crippen LogP contribution in [0.1, 0.15) is 12.0 Å². The van der Waals surface area contributed by atoms with E-state index in [4.69, 9.17) is 9.47 Å². The molecule has 6 heteroatoms. The van der Waals surface area contributed by atoms with Gasteiger partial charge in [-0.2, -0.15) is 11.8 Å². The molecule has 2 rings (SSSR count). The van der Waals surface area contributed by atoms with Gasteiger partial charge in [0.1, 0.15) is 5.75 Å². The SMILES string of the molecule is COc1ccc(CNC(=O)NCC2(OC)CCSC2)cc1. The molecule has 2 N–H and O–H groups in total. The maximum atomic E-state index is 11.8. The van der Waals surface area contributed by atoms with Gasteiger partial charge in [0.15, 0.2) is 0 Å². The largest absolute Gasteiger partial charge is 0.497 e. The maximum Gasteiger partial charge on any atom is 0.315 e. The monoisotopic (exact) mass is 310 g/mol. The fourth-order valence-corrected chi connectivity index (χ4v) is 3.59. The van der Waals surface area contributed by atoms with Crippen molar-refractivity contribution in [2.75, 3.05) is 32.3 Å². The maximum absolute atomic E-state index is 11.8. The number of nitrogens with one attached hydrogen (secondary N) is 2. The molecular weight excluding hydrogens is 288 g/mol. The Morgan fingerprint density at radius 3 is 2.62 bits per heavy atom. The van der Waals surface area contributed by atoms with Crippen molar-refractivity contribution in [3.63, 3.8) is 0 Å². The van der Waals surface area contributed by atoms with Gasteiger partial charge in [-0.05, 0) is 29.9 Å². The summed E-state index contributed by atoms with van der Waals surface area (Å²) in [5.41, 5.74) is 0.825. The highest BCUT2D eigenvalue weighted by Gasteiger charge is 2.34. The van der Waals surface area contributed by atoms with Gasteiger partial charge in [0.2, 0.25) is 0 Å². The zero-order valence-corrected chi connectivity index (χ0v) is 13.3. The average Bonchev–Trinajstić information content (AvgIpc) is 3.01. The van der Waals surface area contributed by atoms with E-state index in [1.165, 1.54) is 0 Å². The predicted octanol–water partition coefficient (Wildman–Crippen LogP) is 2.02. The molecule has 2 amide bonds. The van der Waals surface area contributed by atoms with Crippen LogP contribution in [0.3, 0.4) is 0 Å². The number of methoxy groups -OCH3 is 2. The number of benzene rings is 1. The van der Waals surface area contributed by atoms with E-state index in [1.54, 1.807) is 14.2 Å². The van der Waals surface area contributed by atoms with Gasteiger partial charge in [-0.1, -0.05) is 12.1 Å². The molecule has 21 heavy (non-hydrogen) atoms. The lowest BCUT2D eigenvalue weighted by atomic mass is 10.0. The minimum absolute atomic E-state index is 0.167. The van der Waals surface area contributed by atoms with Crippen molar-refractivity contribution in [1.82, 2.24) is 10.6 Å². The molecule has 1 aliphatic rings. The van der Waals surface area contributed by atoms with Gasteiger partial charge in [0.25, 0.3) is 0 Å². The molecule has 5 nitrogen and oxygen atoms in total. The van der Waals surface area contributed by atoms with Crippen LogP contribution >= 0.6 is 11.8 Å². The molecular formula is C15H22N2O3S. The molecule has 0 radical (unpaired) electrons. The molecule has 1 aromatic rings. The number of urea groups is 1. The van der Waals surface area contributed by atoms with E-state index in [0.29, 0.717) is 13.1 Å². The Bertz CT molecular complexity index is 458. The predicted molar refractivity (Wildman–Crippen MR) is 84.9 cm³/mol. The molecule has 1 atom stereocenters. The topological polar surface area (TPSA) is 59.6 Å². The first-order chi connectivity index (χ1) is 10.2. The highest BCUT2D eigenvalue weighted by atomic mass is 32.2. The second-order valence-electron chi connectivity index (χ2n) is 5.07. The molecule has 1 aliphatic heterocycles. The van der Waals surface area contributed by atoms with Crippen LogP contribution in [0.25, 0.3) is 0 Å². The number of thioether (sulfide) groups is 1. The highest BCUT2D eigenvalue weighted by Crippen LogP contribution is 2.30. The van der Waals surface area contributed by atoms with E-state index < -0.39 is 0 Å². The van der Waals surface area contributed by atoms with Crippen LogP contribution < -0.4 is 15.4 Å². The average molecular weight is 310 g/mol. The first-order valence-electron chi connectivity index (χ1n) is 6.95. The number of amides is 2. The first kappa shape index (κ1) is 16.0. The molecule has 0 bridgehead atoms. The summed E-state index contributed by atoms with van der Waals surface area (Å²) in [5, 5.41) is 5.74. The molecule has 0 aromatic heterocycles. The molecule has 1 saturated heterocycles. The van der Waals surface area contributed by atoms with Crippen molar-refractivity contribution in [1.29, 1.82) is 0 Å². The summed E-state index contributed by atoms with van der Waals surface area (Å²) < 4.78 is 10.7. The number of hydrogen-bond donors (Lipinski definition) is 2. The first-order valence-corrected chi connectivity index (χ1v) is 8.10. The van der Waals surface area contributed by atoms with Crippen LogP contribution in [0.15, 0.2) is 24.3 Å². The Hall–Kier alpha value is -1.40. The fraction of sp³-hybridized carbons (Fsp3) is 0.533. The molecule has 1 aromatic carbocycles. The summed E-state index contributed by atoms with van der Waals surface area (Å²) in [5.74, 6) is 2.83. The van der Waals surface area contributed by atoms with Crippen LogP contribution in [-0.2, 0) is 11.3 Å². The number of hydrogen-bond acceptors (Lipinski definition) is 4. The van der Waals surface area contributed by atoms with E-state index >= 15 is 0 Å². The minimum Gasteiger partial charge on any atom is -0.497 e. The van der Waals surface area contributed by atoms with Gasteiger partial charge in [-0.25, -0.2) is 4.79 Å². The summed E-state index contributed by atoms with van der Waals surface area (Å²) in [6.45, 7) is 1.04. The van der Waals surface area contributed by atoms with E-state index in [9.17, 15) is 4.79 Å². The Labute approximate surface area is 129 Å². The van der Waals surface area contributed by atoms with Gasteiger partial charge in [0.05, 0.1) is 12.7 Å². The van der Waals surface area contributed by atoms with E-state index in [1.807, 2.05) is 36.0 Å². The molecule has 1 heterocycles. The van der Waals surface area contributed by atoms with Crippen molar-refractivity contribution in [3.05, 3.63) is 29.8 Å². The van der Waals surface area contributed by atoms with Crippen LogP contribution in [0.4, 0.5) is 4.79 Å². The lowest BCUT2D eigenvalue weighted by Gasteiger charge is -2.26. The third kappa shape index (κ3) is 4.54. The van der Waals surface area contributed by atoms with Gasteiger partial charge < -0.3 is 20.1 Å². The van der Waals surface area contributed by atoms with Crippen LogP contribution in [0.2, 0.25) is 0 Å². The van der Waals surface area contributed by atoms with Crippen molar-refractivity contribution in [2.24, 2.45) is 0 Å². The number of carbonyl (C=O) groups is 1. The smallest absolute Gasteiger partial charge is 0.315 e. The number of rotatable bonds is 6.